The standard InChI is InChI=1S/C16H16O4/c1-20-13-5-2-11(3-6-13)8-12-4-7-15(18)14(9-12)16(19)10-17/h2-7,9,17-18H,8,10H2,1H3. The molecular weight excluding hydrogens is 256 g/mol. The number of methoxy groups -OCH3 is 1. The highest BCUT2D eigenvalue weighted by Crippen LogP contribution is 2.21. The lowest BCUT2D eigenvalue weighted by atomic mass is 10.0. The average molecular weight is 272 g/mol. The normalized spacial score (nSPS) is 10.3. The molecule has 2 rings (SSSR count). The molecule has 0 aliphatic rings. The summed E-state index contributed by atoms with van der Waals surface area (Å²) in [6, 6.07) is 12.5. The monoisotopic (exact) mass is 272 g/mol. The van der Waals surface area contributed by atoms with Crippen LogP contribution in [0.15, 0.2) is 42.5 Å². The summed E-state index contributed by atoms with van der Waals surface area (Å²) >= 11 is 0. The second-order valence-corrected chi connectivity index (χ2v) is 4.46. The van der Waals surface area contributed by atoms with Gasteiger partial charge in [-0.25, -0.2) is 0 Å². The summed E-state index contributed by atoms with van der Waals surface area (Å²) in [4.78, 5) is 11.5. The summed E-state index contributed by atoms with van der Waals surface area (Å²) in [6.07, 6.45) is 0.635. The fourth-order valence-corrected chi connectivity index (χ4v) is 1.98. The molecule has 0 heterocycles. The van der Waals surface area contributed by atoms with E-state index < -0.39 is 12.4 Å². The van der Waals surface area contributed by atoms with Gasteiger partial charge in [0.25, 0.3) is 0 Å². The van der Waals surface area contributed by atoms with Crippen LogP contribution in [0, 0.1) is 0 Å². The van der Waals surface area contributed by atoms with E-state index in [1.807, 2.05) is 24.3 Å². The molecule has 20 heavy (non-hydrogen) atoms. The lowest BCUT2D eigenvalue weighted by Gasteiger charge is -2.07. The highest BCUT2D eigenvalue weighted by atomic mass is 16.5. The molecule has 2 aromatic carbocycles. The molecule has 4 nitrogen and oxygen atoms in total. The molecule has 2 aromatic rings. The number of aliphatic hydroxyl groups excluding tert-OH is 1. The SMILES string of the molecule is COc1ccc(Cc2ccc(O)c(C(=O)CO)c2)cc1. The number of carbonyl (C=O) groups excluding carboxylic acids is 1. The molecule has 0 atom stereocenters. The number of ether oxygens (including phenoxy) is 1. The summed E-state index contributed by atoms with van der Waals surface area (Å²) < 4.78 is 5.09. The first-order chi connectivity index (χ1) is 9.63. The molecule has 0 spiro atoms. The molecule has 0 aromatic heterocycles. The van der Waals surface area contributed by atoms with Crippen molar-refractivity contribution in [3.05, 3.63) is 59.2 Å². The largest absolute Gasteiger partial charge is 0.507 e. The molecule has 4 heteroatoms. The fourth-order valence-electron chi connectivity index (χ4n) is 1.98. The Hall–Kier alpha value is -2.33. The van der Waals surface area contributed by atoms with Gasteiger partial charge in [0.05, 0.1) is 12.7 Å². The zero-order valence-electron chi connectivity index (χ0n) is 11.2. The predicted molar refractivity (Wildman–Crippen MR) is 75.3 cm³/mol. The summed E-state index contributed by atoms with van der Waals surface area (Å²) in [5, 5.41) is 18.5. The number of aromatic hydroxyl groups is 1. The minimum atomic E-state index is -0.612. The molecule has 104 valence electrons. The average Bonchev–Trinajstić information content (AvgIpc) is 2.49. The second kappa shape index (κ2) is 6.21. The number of carbonyl (C=O) groups is 1. The van der Waals surface area contributed by atoms with E-state index in [2.05, 4.69) is 0 Å². The van der Waals surface area contributed by atoms with E-state index in [1.165, 1.54) is 6.07 Å². The molecule has 0 aliphatic heterocycles. The van der Waals surface area contributed by atoms with Crippen LogP contribution < -0.4 is 4.74 Å². The van der Waals surface area contributed by atoms with Crippen LogP contribution in [-0.2, 0) is 6.42 Å². The van der Waals surface area contributed by atoms with Crippen LogP contribution in [0.25, 0.3) is 0 Å². The number of rotatable bonds is 5. The lowest BCUT2D eigenvalue weighted by molar-refractivity contribution is 0.0901. The van der Waals surface area contributed by atoms with Crippen LogP contribution in [0.3, 0.4) is 0 Å². The number of phenols is 1. The minimum Gasteiger partial charge on any atom is -0.507 e. The van der Waals surface area contributed by atoms with Crippen LogP contribution >= 0.6 is 0 Å². The maximum Gasteiger partial charge on any atom is 0.191 e. The number of phenolic OH excluding ortho intramolecular Hbond substituents is 1. The van der Waals surface area contributed by atoms with Gasteiger partial charge in [0, 0.05) is 0 Å². The smallest absolute Gasteiger partial charge is 0.191 e. The third-order valence-electron chi connectivity index (χ3n) is 3.07. The lowest BCUT2D eigenvalue weighted by Crippen LogP contribution is -2.05. The Balaban J connectivity index is 2.22. The van der Waals surface area contributed by atoms with Crippen molar-refractivity contribution in [3.8, 4) is 11.5 Å². The van der Waals surface area contributed by atoms with E-state index in [0.29, 0.717) is 6.42 Å². The first-order valence-corrected chi connectivity index (χ1v) is 6.23. The molecule has 0 saturated heterocycles. The van der Waals surface area contributed by atoms with E-state index in [-0.39, 0.29) is 11.3 Å². The van der Waals surface area contributed by atoms with Crippen LogP contribution in [0.5, 0.6) is 11.5 Å². The first-order valence-electron chi connectivity index (χ1n) is 6.23. The number of hydrogen-bond acceptors (Lipinski definition) is 4. The van der Waals surface area contributed by atoms with E-state index >= 15 is 0 Å². The molecule has 0 fully saturated rings. The third kappa shape index (κ3) is 3.16. The summed E-state index contributed by atoms with van der Waals surface area (Å²) in [7, 11) is 1.61. The van der Waals surface area contributed by atoms with Crippen molar-refractivity contribution in [1.29, 1.82) is 0 Å². The van der Waals surface area contributed by atoms with Gasteiger partial charge in [-0.3, -0.25) is 4.79 Å². The Morgan fingerprint density at radius 3 is 2.35 bits per heavy atom. The zero-order chi connectivity index (χ0) is 14.5. The van der Waals surface area contributed by atoms with Gasteiger partial charge in [-0.2, -0.15) is 0 Å². The van der Waals surface area contributed by atoms with Gasteiger partial charge in [0.15, 0.2) is 5.78 Å². The van der Waals surface area contributed by atoms with Gasteiger partial charge < -0.3 is 14.9 Å². The van der Waals surface area contributed by atoms with Crippen LogP contribution in [0.4, 0.5) is 0 Å². The van der Waals surface area contributed by atoms with Gasteiger partial charge >= 0.3 is 0 Å². The van der Waals surface area contributed by atoms with Gasteiger partial charge in [-0.1, -0.05) is 18.2 Å². The van der Waals surface area contributed by atoms with Gasteiger partial charge in [-0.05, 0) is 41.8 Å². The predicted octanol–water partition coefficient (Wildman–Crippen LogP) is 2.17. The summed E-state index contributed by atoms with van der Waals surface area (Å²) in [6.45, 7) is -0.612. The van der Waals surface area contributed by atoms with E-state index in [1.54, 1.807) is 19.2 Å². The van der Waals surface area contributed by atoms with E-state index in [4.69, 9.17) is 9.84 Å². The Labute approximate surface area is 117 Å². The number of hydrogen-bond donors (Lipinski definition) is 2. The van der Waals surface area contributed by atoms with Gasteiger partial charge in [0.1, 0.15) is 18.1 Å². The highest BCUT2D eigenvalue weighted by molar-refractivity contribution is 5.99. The van der Waals surface area contributed by atoms with Crippen molar-refractivity contribution in [2.24, 2.45) is 0 Å². The summed E-state index contributed by atoms with van der Waals surface area (Å²) in [5.74, 6) is 0.192. The van der Waals surface area contributed by atoms with Crippen LogP contribution in [-0.4, -0.2) is 29.7 Å². The molecule has 0 aliphatic carbocycles. The van der Waals surface area contributed by atoms with Gasteiger partial charge in [-0.15, -0.1) is 0 Å². The number of benzene rings is 2. The number of ketones is 1. The maximum absolute atomic E-state index is 11.5. The molecular formula is C16H16O4. The summed E-state index contributed by atoms with van der Waals surface area (Å²) in [5.41, 5.74) is 2.11. The highest BCUT2D eigenvalue weighted by Gasteiger charge is 2.11. The number of Topliss-reactive ketones (excluding diaryl/α,β-unsaturated/α-hetero) is 1. The molecule has 0 saturated carbocycles. The minimum absolute atomic E-state index is 0.109. The van der Waals surface area contributed by atoms with Crippen molar-refractivity contribution in [3.63, 3.8) is 0 Å². The van der Waals surface area contributed by atoms with Crippen molar-refractivity contribution in [1.82, 2.24) is 0 Å². The molecule has 0 amide bonds. The Morgan fingerprint density at radius 2 is 1.75 bits per heavy atom. The second-order valence-electron chi connectivity index (χ2n) is 4.46. The Kier molecular flexibility index (Phi) is 4.38. The zero-order valence-corrected chi connectivity index (χ0v) is 11.2. The number of aliphatic hydroxyl groups is 1. The first kappa shape index (κ1) is 14.1. The maximum atomic E-state index is 11.5. The topological polar surface area (TPSA) is 66.8 Å². The van der Waals surface area contributed by atoms with Crippen LogP contribution in [0.1, 0.15) is 21.5 Å². The third-order valence-corrected chi connectivity index (χ3v) is 3.07. The Bertz CT molecular complexity index is 602. The van der Waals surface area contributed by atoms with E-state index in [0.717, 1.165) is 16.9 Å². The van der Waals surface area contributed by atoms with Crippen molar-refractivity contribution >= 4 is 5.78 Å². The fraction of sp³-hybridized carbons (Fsp3) is 0.188. The molecule has 2 N–H and O–H groups in total. The van der Waals surface area contributed by atoms with E-state index in [9.17, 15) is 9.90 Å². The Morgan fingerprint density at radius 1 is 1.10 bits per heavy atom. The molecule has 0 bridgehead atoms. The van der Waals surface area contributed by atoms with Crippen molar-refractivity contribution in [2.45, 2.75) is 6.42 Å². The quantitative estimate of drug-likeness (QED) is 0.819. The van der Waals surface area contributed by atoms with Crippen molar-refractivity contribution in [2.75, 3.05) is 13.7 Å². The van der Waals surface area contributed by atoms with Crippen LogP contribution in [0.2, 0.25) is 0 Å². The van der Waals surface area contributed by atoms with Gasteiger partial charge in [0.2, 0.25) is 0 Å². The molecule has 0 unspecified atom stereocenters. The van der Waals surface area contributed by atoms with Crippen molar-refractivity contribution < 1.29 is 19.7 Å². The molecule has 0 radical (unpaired) electrons.